The van der Waals surface area contributed by atoms with Crippen molar-refractivity contribution >= 4 is 27.3 Å². The summed E-state index contributed by atoms with van der Waals surface area (Å²) in [6.07, 6.45) is 0.400. The third kappa shape index (κ3) is 4.37. The number of methoxy groups -OCH3 is 1. The van der Waals surface area contributed by atoms with E-state index in [1.54, 1.807) is 17.7 Å². The molecule has 154 valence electrons. The van der Waals surface area contributed by atoms with Gasteiger partial charge in [-0.3, -0.25) is 9.29 Å². The van der Waals surface area contributed by atoms with Gasteiger partial charge in [0, 0.05) is 0 Å². The van der Waals surface area contributed by atoms with E-state index in [0.29, 0.717) is 23.7 Å². The van der Waals surface area contributed by atoms with Crippen molar-refractivity contribution in [1.29, 1.82) is 0 Å². The third-order valence-corrected chi connectivity index (χ3v) is 6.58. The van der Waals surface area contributed by atoms with E-state index in [0.717, 1.165) is 10.4 Å². The minimum atomic E-state index is -3.65. The summed E-state index contributed by atoms with van der Waals surface area (Å²) < 4.78 is 35.3. The monoisotopic (exact) mass is 440 g/mol. The minimum Gasteiger partial charge on any atom is -0.495 e. The Balaban J connectivity index is 1.70. The number of thiophene rings is 1. The molecule has 0 aliphatic carbocycles. The molecule has 0 saturated heterocycles. The van der Waals surface area contributed by atoms with E-state index in [1.807, 2.05) is 66.0 Å². The Morgan fingerprint density at radius 3 is 2.50 bits per heavy atom. The summed E-state index contributed by atoms with van der Waals surface area (Å²) in [5.41, 5.74) is 1.60. The number of ether oxygens (including phenoxy) is 1. The van der Waals surface area contributed by atoms with E-state index in [-0.39, 0.29) is 11.7 Å². The summed E-state index contributed by atoms with van der Waals surface area (Å²) in [6, 6.07) is 20.6. The van der Waals surface area contributed by atoms with Gasteiger partial charge in [-0.15, -0.1) is 21.5 Å². The second-order valence-electron chi connectivity index (χ2n) is 6.49. The molecule has 9 heteroatoms. The Morgan fingerprint density at radius 2 is 1.77 bits per heavy atom. The maximum Gasteiger partial charge on any atom is 0.243 e. The van der Waals surface area contributed by atoms with Gasteiger partial charge in [0.25, 0.3) is 0 Å². The SMILES string of the molecule is COc1ccccc1-n1c(NS(=O)(=O)CCc2ccccc2)nnc1-c1cccs1. The van der Waals surface area contributed by atoms with Gasteiger partial charge in [-0.05, 0) is 35.6 Å². The maximum absolute atomic E-state index is 12.8. The number of aryl methyl sites for hydroxylation is 1. The topological polar surface area (TPSA) is 86.1 Å². The van der Waals surface area contributed by atoms with E-state index >= 15 is 0 Å². The van der Waals surface area contributed by atoms with Crippen LogP contribution in [0.4, 0.5) is 5.95 Å². The van der Waals surface area contributed by atoms with Gasteiger partial charge in [-0.1, -0.05) is 48.5 Å². The number of para-hydroxylation sites is 2. The van der Waals surface area contributed by atoms with Crippen molar-refractivity contribution in [3.63, 3.8) is 0 Å². The standard InChI is InChI=1S/C21H20N4O3S2/c1-28-18-11-6-5-10-17(18)25-20(19-12-7-14-29-19)22-23-21(25)24-30(26,27)15-13-16-8-3-2-4-9-16/h2-12,14H,13,15H2,1H3,(H,23,24). The van der Waals surface area contributed by atoms with Gasteiger partial charge in [-0.2, -0.15) is 0 Å². The van der Waals surface area contributed by atoms with Gasteiger partial charge in [0.2, 0.25) is 16.0 Å². The fourth-order valence-corrected chi connectivity index (χ4v) is 4.76. The molecule has 0 spiro atoms. The van der Waals surface area contributed by atoms with Crippen LogP contribution in [-0.4, -0.2) is 36.0 Å². The van der Waals surface area contributed by atoms with E-state index < -0.39 is 10.0 Å². The summed E-state index contributed by atoms with van der Waals surface area (Å²) in [4.78, 5) is 0.864. The zero-order chi connectivity index (χ0) is 21.0. The predicted octanol–water partition coefficient (Wildman–Crippen LogP) is 3.99. The molecule has 0 aliphatic rings. The lowest BCUT2D eigenvalue weighted by molar-refractivity contribution is 0.413. The number of anilines is 1. The Labute approximate surface area is 179 Å². The molecule has 0 aliphatic heterocycles. The molecule has 0 saturated carbocycles. The van der Waals surface area contributed by atoms with Crippen LogP contribution < -0.4 is 9.46 Å². The highest BCUT2D eigenvalue weighted by Gasteiger charge is 2.22. The molecule has 1 N–H and O–H groups in total. The summed E-state index contributed by atoms with van der Waals surface area (Å²) >= 11 is 1.50. The summed E-state index contributed by atoms with van der Waals surface area (Å²) in [6.45, 7) is 0. The summed E-state index contributed by atoms with van der Waals surface area (Å²) in [7, 11) is -2.08. The first-order valence-corrected chi connectivity index (χ1v) is 11.8. The smallest absolute Gasteiger partial charge is 0.243 e. The molecular weight excluding hydrogens is 420 g/mol. The van der Waals surface area contributed by atoms with Crippen LogP contribution in [0.5, 0.6) is 5.75 Å². The van der Waals surface area contributed by atoms with Crippen molar-refractivity contribution in [3.05, 3.63) is 77.7 Å². The van der Waals surface area contributed by atoms with Gasteiger partial charge in [0.05, 0.1) is 23.4 Å². The number of hydrogen-bond acceptors (Lipinski definition) is 6. The first-order chi connectivity index (χ1) is 14.6. The molecule has 0 fully saturated rings. The highest BCUT2D eigenvalue weighted by atomic mass is 32.2. The molecular formula is C21H20N4O3S2. The maximum atomic E-state index is 12.8. The van der Waals surface area contributed by atoms with E-state index in [2.05, 4.69) is 14.9 Å². The van der Waals surface area contributed by atoms with Crippen LogP contribution in [-0.2, 0) is 16.4 Å². The fraction of sp³-hybridized carbons (Fsp3) is 0.143. The van der Waals surface area contributed by atoms with Gasteiger partial charge < -0.3 is 4.74 Å². The third-order valence-electron chi connectivity index (χ3n) is 4.48. The zero-order valence-electron chi connectivity index (χ0n) is 16.2. The molecule has 30 heavy (non-hydrogen) atoms. The highest BCUT2D eigenvalue weighted by Crippen LogP contribution is 2.32. The molecule has 7 nitrogen and oxygen atoms in total. The number of nitrogens with zero attached hydrogens (tertiary/aromatic N) is 3. The van der Waals surface area contributed by atoms with Crippen LogP contribution in [0, 0.1) is 0 Å². The Morgan fingerprint density at radius 1 is 1.00 bits per heavy atom. The Bertz CT molecular complexity index is 1220. The first kappa shape index (κ1) is 20.1. The second kappa shape index (κ2) is 8.68. The number of nitrogens with one attached hydrogen (secondary N) is 1. The number of rotatable bonds is 8. The second-order valence-corrected chi connectivity index (χ2v) is 9.28. The molecule has 4 rings (SSSR count). The summed E-state index contributed by atoms with van der Waals surface area (Å²) in [5.74, 6) is 1.18. The van der Waals surface area contributed by atoms with Gasteiger partial charge in [0.1, 0.15) is 5.75 Å². The van der Waals surface area contributed by atoms with Crippen molar-refractivity contribution in [3.8, 4) is 22.1 Å². The molecule has 0 radical (unpaired) electrons. The van der Waals surface area contributed by atoms with Crippen LogP contribution in [0.15, 0.2) is 72.1 Å². The predicted molar refractivity (Wildman–Crippen MR) is 119 cm³/mol. The average molecular weight is 441 g/mol. The quantitative estimate of drug-likeness (QED) is 0.448. The molecule has 4 aromatic rings. The largest absolute Gasteiger partial charge is 0.495 e. The van der Waals surface area contributed by atoms with Crippen molar-refractivity contribution in [2.45, 2.75) is 6.42 Å². The van der Waals surface area contributed by atoms with Crippen molar-refractivity contribution in [1.82, 2.24) is 14.8 Å². The van der Waals surface area contributed by atoms with E-state index in [9.17, 15) is 8.42 Å². The minimum absolute atomic E-state index is 0.0653. The first-order valence-electron chi connectivity index (χ1n) is 9.24. The van der Waals surface area contributed by atoms with Crippen LogP contribution in [0.2, 0.25) is 0 Å². The normalized spacial score (nSPS) is 11.4. The van der Waals surface area contributed by atoms with Gasteiger partial charge >= 0.3 is 0 Å². The van der Waals surface area contributed by atoms with Gasteiger partial charge in [-0.25, -0.2) is 8.42 Å². The molecule has 0 atom stereocenters. The molecule has 2 aromatic carbocycles. The molecule has 0 bridgehead atoms. The van der Waals surface area contributed by atoms with Crippen molar-refractivity contribution in [2.24, 2.45) is 0 Å². The zero-order valence-corrected chi connectivity index (χ0v) is 17.9. The summed E-state index contributed by atoms with van der Waals surface area (Å²) in [5, 5.41) is 10.3. The lowest BCUT2D eigenvalue weighted by Gasteiger charge is -2.14. The van der Waals surface area contributed by atoms with Crippen LogP contribution in [0.25, 0.3) is 16.4 Å². The van der Waals surface area contributed by atoms with Crippen molar-refractivity contribution < 1.29 is 13.2 Å². The Kier molecular flexibility index (Phi) is 5.82. The molecule has 2 aromatic heterocycles. The van der Waals surface area contributed by atoms with Crippen LogP contribution in [0.3, 0.4) is 0 Å². The average Bonchev–Trinajstić information content (AvgIpc) is 3.43. The molecule has 0 amide bonds. The number of sulfonamides is 1. The lowest BCUT2D eigenvalue weighted by Crippen LogP contribution is -2.20. The number of hydrogen-bond donors (Lipinski definition) is 1. The van der Waals surface area contributed by atoms with E-state index in [4.69, 9.17) is 4.74 Å². The number of benzene rings is 2. The number of aromatic nitrogens is 3. The van der Waals surface area contributed by atoms with E-state index in [1.165, 1.54) is 11.3 Å². The molecule has 2 heterocycles. The Hall–Kier alpha value is -3.17. The van der Waals surface area contributed by atoms with Crippen LogP contribution >= 0.6 is 11.3 Å². The fourth-order valence-electron chi connectivity index (χ4n) is 3.05. The highest BCUT2D eigenvalue weighted by molar-refractivity contribution is 7.92. The lowest BCUT2D eigenvalue weighted by atomic mass is 10.2. The van der Waals surface area contributed by atoms with Crippen LogP contribution in [0.1, 0.15) is 5.56 Å². The molecule has 0 unspecified atom stereocenters. The van der Waals surface area contributed by atoms with Gasteiger partial charge in [0.15, 0.2) is 5.82 Å². The van der Waals surface area contributed by atoms with Crippen molar-refractivity contribution in [2.75, 3.05) is 17.6 Å².